The average molecular weight is 509 g/mol. The van der Waals surface area contributed by atoms with Crippen LogP contribution in [-0.2, 0) is 24.3 Å². The molecule has 2 aliphatic rings. The minimum Gasteiger partial charge on any atom is -0.495 e. The van der Waals surface area contributed by atoms with Crippen molar-refractivity contribution in [3.8, 4) is 11.5 Å². The number of nitrogens with zero attached hydrogens (tertiary/aromatic N) is 2. The molecule has 0 bridgehead atoms. The number of hydrogen-bond acceptors (Lipinski definition) is 7. The third-order valence-electron chi connectivity index (χ3n) is 5.98. The number of hydrogen-bond donors (Lipinski definition) is 0. The maximum absolute atomic E-state index is 13.6. The molecule has 2 atom stereocenters. The molecule has 4 rings (SSSR count). The van der Waals surface area contributed by atoms with Gasteiger partial charge < -0.3 is 19.1 Å². The first-order valence-electron chi connectivity index (χ1n) is 10.7. The molecule has 11 heteroatoms. The minimum absolute atomic E-state index is 0.000745. The van der Waals surface area contributed by atoms with E-state index in [1.807, 2.05) is 0 Å². The molecule has 9 nitrogen and oxygen atoms in total. The summed E-state index contributed by atoms with van der Waals surface area (Å²) in [6.45, 7) is 0.249. The number of amides is 1. The Morgan fingerprint density at radius 1 is 1.12 bits per heavy atom. The highest BCUT2D eigenvalue weighted by Gasteiger charge is 2.40. The van der Waals surface area contributed by atoms with Gasteiger partial charge in [0.25, 0.3) is 0 Å². The molecule has 182 valence electrons. The van der Waals surface area contributed by atoms with E-state index in [1.54, 1.807) is 30.3 Å². The van der Waals surface area contributed by atoms with Crippen molar-refractivity contribution in [2.24, 2.45) is 5.92 Å². The monoisotopic (exact) mass is 508 g/mol. The van der Waals surface area contributed by atoms with Crippen LogP contribution in [0.4, 0.5) is 5.69 Å². The van der Waals surface area contributed by atoms with E-state index in [9.17, 15) is 18.0 Å². The molecule has 1 amide bonds. The van der Waals surface area contributed by atoms with E-state index < -0.39 is 28.0 Å². The highest BCUT2D eigenvalue weighted by Crippen LogP contribution is 2.36. The highest BCUT2D eigenvalue weighted by molar-refractivity contribution is 7.89. The van der Waals surface area contributed by atoms with Gasteiger partial charge in [-0.15, -0.1) is 0 Å². The molecule has 1 fully saturated rings. The van der Waals surface area contributed by atoms with Crippen molar-refractivity contribution in [3.63, 3.8) is 0 Å². The number of piperidine rings is 1. The van der Waals surface area contributed by atoms with Crippen molar-refractivity contribution < 1.29 is 32.2 Å². The standard InChI is InChI=1S/C23H25ClN2O7S/c1-31-19-10-9-16(24)12-21(19)34(29,30)25-11-5-6-15(13-25)22(27)26-14-20(23(28)32-2)33-18-8-4-3-7-17(18)26/h3-4,7-10,12,15,20H,5-6,11,13-14H2,1-2H3. The number of fused-ring (bicyclic) bond motifs is 1. The van der Waals surface area contributed by atoms with Crippen LogP contribution in [0.25, 0.3) is 0 Å². The molecule has 2 unspecified atom stereocenters. The minimum atomic E-state index is -3.96. The maximum atomic E-state index is 13.6. The fraction of sp³-hybridized carbons (Fsp3) is 0.391. The summed E-state index contributed by atoms with van der Waals surface area (Å²) in [7, 11) is -1.32. The average Bonchev–Trinajstić information content (AvgIpc) is 2.87. The largest absolute Gasteiger partial charge is 0.495 e. The van der Waals surface area contributed by atoms with Gasteiger partial charge in [0.1, 0.15) is 16.4 Å². The molecule has 0 spiro atoms. The zero-order chi connectivity index (χ0) is 24.5. The zero-order valence-corrected chi connectivity index (χ0v) is 20.3. The van der Waals surface area contributed by atoms with E-state index in [1.165, 1.54) is 35.6 Å². The summed E-state index contributed by atoms with van der Waals surface area (Å²) in [5, 5.41) is 0.266. The van der Waals surface area contributed by atoms with Crippen LogP contribution in [-0.4, -0.2) is 64.6 Å². The van der Waals surface area contributed by atoms with Gasteiger partial charge in [0.2, 0.25) is 22.0 Å². The Balaban J connectivity index is 1.60. The molecule has 0 N–H and O–H groups in total. The molecule has 1 saturated heterocycles. The summed E-state index contributed by atoms with van der Waals surface area (Å²) >= 11 is 6.05. The molecular formula is C23H25ClN2O7S. The summed E-state index contributed by atoms with van der Waals surface area (Å²) in [4.78, 5) is 27.2. The highest BCUT2D eigenvalue weighted by atomic mass is 35.5. The quantitative estimate of drug-likeness (QED) is 0.572. The summed E-state index contributed by atoms with van der Waals surface area (Å²) < 4.78 is 43.9. The number of carbonyl (C=O) groups excluding carboxylic acids is 2. The number of para-hydroxylation sites is 2. The smallest absolute Gasteiger partial charge is 0.348 e. The van der Waals surface area contributed by atoms with Crippen molar-refractivity contribution in [1.29, 1.82) is 0 Å². The molecule has 2 aromatic rings. The zero-order valence-electron chi connectivity index (χ0n) is 18.8. The normalized spacial score (nSPS) is 20.7. The van der Waals surface area contributed by atoms with E-state index in [0.717, 1.165) is 0 Å². The number of sulfonamides is 1. The van der Waals surface area contributed by atoms with Crippen molar-refractivity contribution in [3.05, 3.63) is 47.5 Å². The Kier molecular flexibility index (Phi) is 7.01. The first-order chi connectivity index (χ1) is 16.3. The molecule has 0 saturated carbocycles. The summed E-state index contributed by atoms with van der Waals surface area (Å²) in [6, 6.07) is 11.3. The SMILES string of the molecule is COC(=O)C1CN(C(=O)C2CCCN(S(=O)(=O)c3cc(Cl)ccc3OC)C2)c2ccccc2O1. The predicted molar refractivity (Wildman–Crippen MR) is 125 cm³/mol. The van der Waals surface area contributed by atoms with E-state index in [0.29, 0.717) is 24.3 Å². The Labute approximate surface area is 203 Å². The first-order valence-corrected chi connectivity index (χ1v) is 12.6. The van der Waals surface area contributed by atoms with Crippen LogP contribution in [0.15, 0.2) is 47.4 Å². The van der Waals surface area contributed by atoms with Gasteiger partial charge in [-0.05, 0) is 43.2 Å². The third kappa shape index (κ3) is 4.57. The molecule has 0 aromatic heterocycles. The van der Waals surface area contributed by atoms with E-state index >= 15 is 0 Å². The molecular weight excluding hydrogens is 484 g/mol. The second-order valence-corrected chi connectivity index (χ2v) is 10.4. The van der Waals surface area contributed by atoms with Gasteiger partial charge in [-0.25, -0.2) is 13.2 Å². The van der Waals surface area contributed by atoms with Crippen LogP contribution in [0.3, 0.4) is 0 Å². The lowest BCUT2D eigenvalue weighted by molar-refractivity contribution is -0.148. The van der Waals surface area contributed by atoms with Crippen molar-refractivity contribution >= 4 is 39.2 Å². The van der Waals surface area contributed by atoms with Gasteiger partial charge in [0.15, 0.2) is 0 Å². The Morgan fingerprint density at radius 3 is 2.62 bits per heavy atom. The van der Waals surface area contributed by atoms with Gasteiger partial charge >= 0.3 is 5.97 Å². The number of halogens is 1. The molecule has 34 heavy (non-hydrogen) atoms. The number of methoxy groups -OCH3 is 2. The van der Waals surface area contributed by atoms with Crippen LogP contribution < -0.4 is 14.4 Å². The van der Waals surface area contributed by atoms with Crippen LogP contribution in [0.2, 0.25) is 5.02 Å². The van der Waals surface area contributed by atoms with Gasteiger partial charge in [0, 0.05) is 18.1 Å². The van der Waals surface area contributed by atoms with E-state index in [4.69, 9.17) is 25.8 Å². The van der Waals surface area contributed by atoms with E-state index in [2.05, 4.69) is 0 Å². The van der Waals surface area contributed by atoms with E-state index in [-0.39, 0.29) is 41.2 Å². The lowest BCUT2D eigenvalue weighted by Crippen LogP contribution is -2.52. The second-order valence-electron chi connectivity index (χ2n) is 8.04. The van der Waals surface area contributed by atoms with Crippen molar-refractivity contribution in [2.45, 2.75) is 23.8 Å². The number of ether oxygens (including phenoxy) is 3. The van der Waals surface area contributed by atoms with Crippen LogP contribution in [0.5, 0.6) is 11.5 Å². The number of rotatable bonds is 5. The fourth-order valence-corrected chi connectivity index (χ4v) is 6.21. The number of benzene rings is 2. The van der Waals surface area contributed by atoms with Crippen molar-refractivity contribution in [2.75, 3.05) is 38.8 Å². The summed E-state index contributed by atoms with van der Waals surface area (Å²) in [5.74, 6) is -0.892. The lowest BCUT2D eigenvalue weighted by atomic mass is 9.97. The van der Waals surface area contributed by atoms with Crippen LogP contribution in [0.1, 0.15) is 12.8 Å². The predicted octanol–water partition coefficient (Wildman–Crippen LogP) is 2.72. The molecule has 2 aliphatic heterocycles. The van der Waals surface area contributed by atoms with Gasteiger partial charge in [-0.2, -0.15) is 4.31 Å². The van der Waals surface area contributed by atoms with Crippen LogP contribution in [0, 0.1) is 5.92 Å². The maximum Gasteiger partial charge on any atom is 0.348 e. The van der Waals surface area contributed by atoms with Gasteiger partial charge in [0.05, 0.1) is 32.4 Å². The lowest BCUT2D eigenvalue weighted by Gasteiger charge is -2.38. The molecule has 2 heterocycles. The molecule has 0 aliphatic carbocycles. The number of anilines is 1. The topological polar surface area (TPSA) is 102 Å². The fourth-order valence-electron chi connectivity index (χ4n) is 4.27. The third-order valence-corrected chi connectivity index (χ3v) is 8.10. The van der Waals surface area contributed by atoms with Gasteiger partial charge in [-0.3, -0.25) is 4.79 Å². The number of esters is 1. The Bertz CT molecular complexity index is 1200. The van der Waals surface area contributed by atoms with Crippen LogP contribution >= 0.6 is 11.6 Å². The summed E-state index contributed by atoms with van der Waals surface area (Å²) in [5.41, 5.74) is 0.532. The summed E-state index contributed by atoms with van der Waals surface area (Å²) in [6.07, 6.45) is 0.0493. The number of carbonyl (C=O) groups is 2. The molecule has 2 aromatic carbocycles. The molecule has 0 radical (unpaired) electrons. The van der Waals surface area contributed by atoms with Gasteiger partial charge in [-0.1, -0.05) is 23.7 Å². The van der Waals surface area contributed by atoms with Crippen molar-refractivity contribution in [1.82, 2.24) is 4.31 Å². The second kappa shape index (κ2) is 9.81. The Morgan fingerprint density at radius 2 is 1.88 bits per heavy atom. The first kappa shape index (κ1) is 24.3. The Hall–Kier alpha value is -2.82.